The Morgan fingerprint density at radius 1 is 0.969 bits per heavy atom. The largest absolute Gasteiger partial charge is 0.343 e. The van der Waals surface area contributed by atoms with Crippen molar-refractivity contribution >= 4 is 27.7 Å². The first-order chi connectivity index (χ1) is 15.5. The summed E-state index contributed by atoms with van der Waals surface area (Å²) < 4.78 is 26.7. The van der Waals surface area contributed by atoms with Crippen molar-refractivity contribution in [3.63, 3.8) is 0 Å². The van der Waals surface area contributed by atoms with E-state index in [1.54, 1.807) is 24.3 Å². The van der Waals surface area contributed by atoms with E-state index in [1.807, 2.05) is 9.80 Å². The van der Waals surface area contributed by atoms with Gasteiger partial charge in [0.25, 0.3) is 10.0 Å². The number of amides is 2. The molecule has 8 nitrogen and oxygen atoms in total. The zero-order valence-electron chi connectivity index (χ0n) is 18.5. The second-order valence-electron chi connectivity index (χ2n) is 8.83. The number of fused-ring (bicyclic) bond motifs is 1. The Hall–Kier alpha value is -2.42. The molecule has 1 aromatic rings. The van der Waals surface area contributed by atoms with Crippen LogP contribution >= 0.6 is 0 Å². The maximum absolute atomic E-state index is 12.5. The third-order valence-corrected chi connectivity index (χ3v) is 7.99. The number of carbonyl (C=O) groups excluding carboxylic acids is 2. The van der Waals surface area contributed by atoms with Gasteiger partial charge in [0.15, 0.2) is 0 Å². The van der Waals surface area contributed by atoms with Gasteiger partial charge in [-0.3, -0.25) is 19.3 Å². The molecule has 0 aliphatic carbocycles. The normalized spacial score (nSPS) is 21.6. The molecular weight excluding hydrogens is 428 g/mol. The second-order valence-corrected chi connectivity index (χ2v) is 10.5. The van der Waals surface area contributed by atoms with Crippen molar-refractivity contribution in [1.29, 1.82) is 0 Å². The Morgan fingerprint density at radius 3 is 2.44 bits per heavy atom. The standard InChI is InChI=1S/C23H32N4O4S/c28-21(26-16-11-18(12-17-26)23(29)27-14-6-7-15-27)10-2-1-5-13-24-22-19-8-3-4-9-20(19)32(30,31)25-22/h3-4,8-9,18H,1-2,5-7,10-17H2,(H,24,25). The van der Waals surface area contributed by atoms with E-state index in [0.29, 0.717) is 37.5 Å². The van der Waals surface area contributed by atoms with E-state index in [1.165, 1.54) is 0 Å². The van der Waals surface area contributed by atoms with Gasteiger partial charge in [-0.15, -0.1) is 0 Å². The quantitative estimate of drug-likeness (QED) is 0.630. The molecule has 1 aromatic carbocycles. The molecule has 3 aliphatic heterocycles. The van der Waals surface area contributed by atoms with Gasteiger partial charge in [0.1, 0.15) is 5.84 Å². The molecule has 0 bridgehead atoms. The van der Waals surface area contributed by atoms with Gasteiger partial charge in [-0.05, 0) is 50.7 Å². The molecule has 2 fully saturated rings. The highest BCUT2D eigenvalue weighted by Crippen LogP contribution is 2.24. The summed E-state index contributed by atoms with van der Waals surface area (Å²) in [5.74, 6) is 0.932. The summed E-state index contributed by atoms with van der Waals surface area (Å²) >= 11 is 0. The number of sulfonamides is 1. The predicted octanol–water partition coefficient (Wildman–Crippen LogP) is 2.15. The minimum absolute atomic E-state index is 0.0782. The highest BCUT2D eigenvalue weighted by atomic mass is 32.2. The van der Waals surface area contributed by atoms with Crippen LogP contribution in [0.15, 0.2) is 34.2 Å². The summed E-state index contributed by atoms with van der Waals surface area (Å²) in [5.41, 5.74) is 0.620. The Morgan fingerprint density at radius 2 is 1.69 bits per heavy atom. The second kappa shape index (κ2) is 10.0. The fourth-order valence-electron chi connectivity index (χ4n) is 4.74. The molecule has 3 heterocycles. The van der Waals surface area contributed by atoms with Crippen molar-refractivity contribution < 1.29 is 18.0 Å². The molecule has 32 heavy (non-hydrogen) atoms. The average molecular weight is 461 g/mol. The lowest BCUT2D eigenvalue weighted by Crippen LogP contribution is -2.43. The Labute approximate surface area is 190 Å². The molecule has 4 rings (SSSR count). The van der Waals surface area contributed by atoms with Crippen LogP contribution in [0.3, 0.4) is 0 Å². The summed E-state index contributed by atoms with van der Waals surface area (Å²) in [4.78, 5) is 33.6. The number of rotatable bonds is 7. The molecular formula is C23H32N4O4S. The highest BCUT2D eigenvalue weighted by molar-refractivity contribution is 7.90. The van der Waals surface area contributed by atoms with Crippen molar-refractivity contribution in [1.82, 2.24) is 14.5 Å². The molecule has 0 saturated carbocycles. The number of likely N-dealkylation sites (tertiary alicyclic amines) is 2. The van der Waals surface area contributed by atoms with Crippen molar-refractivity contribution in [3.05, 3.63) is 29.8 Å². The Kier molecular flexibility index (Phi) is 7.13. The number of amidine groups is 1. The molecule has 0 unspecified atom stereocenters. The molecule has 0 aromatic heterocycles. The number of hydrogen-bond acceptors (Lipinski definition) is 5. The molecule has 0 atom stereocenters. The number of nitrogens with one attached hydrogen (secondary N) is 1. The first kappa shape index (κ1) is 22.8. The fraction of sp³-hybridized carbons (Fsp3) is 0.609. The van der Waals surface area contributed by atoms with Crippen LogP contribution in [0.4, 0.5) is 0 Å². The lowest BCUT2D eigenvalue weighted by Gasteiger charge is -2.33. The smallest absolute Gasteiger partial charge is 0.263 e. The monoisotopic (exact) mass is 460 g/mol. The van der Waals surface area contributed by atoms with Crippen molar-refractivity contribution in [3.8, 4) is 0 Å². The molecule has 174 valence electrons. The van der Waals surface area contributed by atoms with Crippen LogP contribution < -0.4 is 4.72 Å². The Balaban J connectivity index is 1.14. The van der Waals surface area contributed by atoms with Gasteiger partial charge in [0.2, 0.25) is 11.8 Å². The molecule has 0 radical (unpaired) electrons. The SMILES string of the molecule is O=C(CCCCCN=C1NS(=O)(=O)c2ccccc21)N1CCC(C(=O)N2CCCC2)CC1. The van der Waals surface area contributed by atoms with Crippen LogP contribution in [0.1, 0.15) is 56.9 Å². The first-order valence-electron chi connectivity index (χ1n) is 11.7. The van der Waals surface area contributed by atoms with Crippen LogP contribution in [0.25, 0.3) is 0 Å². The Bertz CT molecular complexity index is 977. The van der Waals surface area contributed by atoms with Gasteiger partial charge in [-0.2, -0.15) is 0 Å². The van der Waals surface area contributed by atoms with Crippen LogP contribution in [-0.4, -0.2) is 68.6 Å². The summed E-state index contributed by atoms with van der Waals surface area (Å²) in [5, 5.41) is 0. The molecule has 1 N–H and O–H groups in total. The fourth-order valence-corrected chi connectivity index (χ4v) is 5.99. The van der Waals surface area contributed by atoms with Gasteiger partial charge >= 0.3 is 0 Å². The number of benzene rings is 1. The van der Waals surface area contributed by atoms with Gasteiger partial charge < -0.3 is 9.80 Å². The molecule has 3 aliphatic rings. The number of carbonyl (C=O) groups is 2. The van der Waals surface area contributed by atoms with Crippen molar-refractivity contribution in [2.75, 3.05) is 32.7 Å². The zero-order chi connectivity index (χ0) is 22.6. The molecule has 2 amide bonds. The minimum atomic E-state index is -3.49. The van der Waals surface area contributed by atoms with E-state index in [-0.39, 0.29) is 22.6 Å². The zero-order valence-corrected chi connectivity index (χ0v) is 19.3. The van der Waals surface area contributed by atoms with Crippen LogP contribution in [0.2, 0.25) is 0 Å². The third kappa shape index (κ3) is 5.14. The van der Waals surface area contributed by atoms with E-state index in [2.05, 4.69) is 9.71 Å². The number of piperidine rings is 1. The minimum Gasteiger partial charge on any atom is -0.343 e. The number of aliphatic imine (C=N–C) groups is 1. The van der Waals surface area contributed by atoms with E-state index < -0.39 is 10.0 Å². The number of hydrogen-bond donors (Lipinski definition) is 1. The summed E-state index contributed by atoms with van der Waals surface area (Å²) in [6.45, 7) is 3.65. The van der Waals surface area contributed by atoms with Gasteiger partial charge in [-0.1, -0.05) is 18.6 Å². The van der Waals surface area contributed by atoms with Gasteiger partial charge in [0, 0.05) is 50.6 Å². The number of unbranched alkanes of at least 4 members (excludes halogenated alkanes) is 2. The lowest BCUT2D eigenvalue weighted by molar-refractivity contribution is -0.140. The highest BCUT2D eigenvalue weighted by Gasteiger charge is 2.31. The lowest BCUT2D eigenvalue weighted by atomic mass is 9.95. The van der Waals surface area contributed by atoms with Gasteiger partial charge in [0.05, 0.1) is 4.90 Å². The van der Waals surface area contributed by atoms with Crippen molar-refractivity contribution in [2.45, 2.75) is 56.3 Å². The maximum Gasteiger partial charge on any atom is 0.263 e. The summed E-state index contributed by atoms with van der Waals surface area (Å²) in [7, 11) is -3.49. The van der Waals surface area contributed by atoms with Gasteiger partial charge in [-0.25, -0.2) is 8.42 Å². The van der Waals surface area contributed by atoms with E-state index in [9.17, 15) is 18.0 Å². The number of nitrogens with zero attached hydrogens (tertiary/aromatic N) is 3. The van der Waals surface area contributed by atoms with Crippen LogP contribution in [0.5, 0.6) is 0 Å². The van der Waals surface area contributed by atoms with Crippen LogP contribution in [0, 0.1) is 5.92 Å². The van der Waals surface area contributed by atoms with E-state index in [4.69, 9.17) is 0 Å². The third-order valence-electron chi connectivity index (χ3n) is 6.60. The topological polar surface area (TPSA) is 99.1 Å². The summed E-state index contributed by atoms with van der Waals surface area (Å²) in [6, 6.07) is 6.84. The average Bonchev–Trinajstić information content (AvgIpc) is 3.43. The molecule has 9 heteroatoms. The van der Waals surface area contributed by atoms with Crippen molar-refractivity contribution in [2.24, 2.45) is 10.9 Å². The maximum atomic E-state index is 12.5. The summed E-state index contributed by atoms with van der Waals surface area (Å²) in [6.07, 6.45) is 6.73. The molecule has 2 saturated heterocycles. The predicted molar refractivity (Wildman–Crippen MR) is 122 cm³/mol. The molecule has 0 spiro atoms. The van der Waals surface area contributed by atoms with Crippen LogP contribution in [-0.2, 0) is 19.6 Å². The van der Waals surface area contributed by atoms with E-state index in [0.717, 1.165) is 58.0 Å². The van der Waals surface area contributed by atoms with E-state index >= 15 is 0 Å². The first-order valence-corrected chi connectivity index (χ1v) is 13.2.